The van der Waals surface area contributed by atoms with Gasteiger partial charge in [-0.3, -0.25) is 4.79 Å². The van der Waals surface area contributed by atoms with Gasteiger partial charge < -0.3 is 5.32 Å². The van der Waals surface area contributed by atoms with Gasteiger partial charge in [-0.1, -0.05) is 19.9 Å². The van der Waals surface area contributed by atoms with Crippen molar-refractivity contribution in [2.45, 2.75) is 32.2 Å². The van der Waals surface area contributed by atoms with Gasteiger partial charge in [-0.2, -0.15) is 25.8 Å². The average molecular weight is 291 g/mol. The Hall–Kier alpha value is -1.17. The van der Waals surface area contributed by atoms with Gasteiger partial charge in [-0.15, -0.1) is 0 Å². The van der Waals surface area contributed by atoms with Crippen LogP contribution < -0.4 is 5.32 Å². The molecule has 0 bridgehead atoms. The van der Waals surface area contributed by atoms with Crippen LogP contribution in [0.15, 0.2) is 18.2 Å². The van der Waals surface area contributed by atoms with E-state index in [2.05, 4.69) is 17.9 Å². The molecule has 1 aromatic carbocycles. The third kappa shape index (κ3) is 4.16. The second kappa shape index (κ2) is 5.86. The van der Waals surface area contributed by atoms with E-state index in [1.54, 1.807) is 0 Å². The highest BCUT2D eigenvalue weighted by atomic mass is 32.1. The lowest BCUT2D eigenvalue weighted by atomic mass is 10.1. The highest BCUT2D eigenvalue weighted by molar-refractivity contribution is 7.81. The van der Waals surface area contributed by atoms with Crippen LogP contribution in [0.25, 0.3) is 0 Å². The topological polar surface area (TPSA) is 29.1 Å². The molecule has 1 atom stereocenters. The van der Waals surface area contributed by atoms with Crippen LogP contribution in [0.1, 0.15) is 25.0 Å². The summed E-state index contributed by atoms with van der Waals surface area (Å²) in [6, 6.07) is 3.72. The third-order valence-electron chi connectivity index (χ3n) is 2.71. The van der Waals surface area contributed by atoms with Gasteiger partial charge in [0.25, 0.3) is 0 Å². The average Bonchev–Trinajstić information content (AvgIpc) is 2.28. The van der Waals surface area contributed by atoms with Crippen molar-refractivity contribution in [2.75, 3.05) is 5.32 Å². The van der Waals surface area contributed by atoms with Gasteiger partial charge in [-0.05, 0) is 30.5 Å². The minimum Gasteiger partial charge on any atom is -0.325 e. The zero-order valence-corrected chi connectivity index (χ0v) is 11.8. The Morgan fingerprint density at radius 3 is 2.37 bits per heavy atom. The third-order valence-corrected chi connectivity index (χ3v) is 3.54. The number of nitrogens with one attached hydrogen (secondary N) is 1. The first-order chi connectivity index (χ1) is 8.62. The fourth-order valence-corrected chi connectivity index (χ4v) is 1.59. The Balaban J connectivity index is 2.95. The van der Waals surface area contributed by atoms with Crippen LogP contribution in [0.4, 0.5) is 18.9 Å². The SMILES string of the molecule is Cc1ccc(NC(=O)C(S)C(C)C)cc1C(F)(F)F. The van der Waals surface area contributed by atoms with Crippen LogP contribution in [0.5, 0.6) is 0 Å². The predicted molar refractivity (Wildman–Crippen MR) is 72.4 cm³/mol. The molecule has 1 unspecified atom stereocenters. The largest absolute Gasteiger partial charge is 0.416 e. The number of halogens is 3. The van der Waals surface area contributed by atoms with E-state index in [9.17, 15) is 18.0 Å². The van der Waals surface area contributed by atoms with E-state index < -0.39 is 22.9 Å². The molecule has 0 aromatic heterocycles. The minimum atomic E-state index is -4.43. The Morgan fingerprint density at radius 2 is 1.89 bits per heavy atom. The standard InChI is InChI=1S/C13H16F3NOS/c1-7(2)11(19)12(18)17-9-5-4-8(3)10(6-9)13(14,15)16/h4-7,11,19H,1-3H3,(H,17,18). The molecular formula is C13H16F3NOS. The van der Waals surface area contributed by atoms with Crippen LogP contribution >= 0.6 is 12.6 Å². The number of carbonyl (C=O) groups is 1. The maximum absolute atomic E-state index is 12.7. The number of hydrogen-bond donors (Lipinski definition) is 2. The van der Waals surface area contributed by atoms with Crippen molar-refractivity contribution in [1.82, 2.24) is 0 Å². The Labute approximate surface area is 115 Å². The van der Waals surface area contributed by atoms with Gasteiger partial charge in [-0.25, -0.2) is 0 Å². The van der Waals surface area contributed by atoms with Crippen molar-refractivity contribution in [3.05, 3.63) is 29.3 Å². The first-order valence-corrected chi connectivity index (χ1v) is 6.31. The summed E-state index contributed by atoms with van der Waals surface area (Å²) in [6.45, 7) is 5.00. The molecule has 0 saturated heterocycles. The molecule has 0 aliphatic rings. The van der Waals surface area contributed by atoms with E-state index in [1.165, 1.54) is 19.1 Å². The molecule has 0 spiro atoms. The monoisotopic (exact) mass is 291 g/mol. The van der Waals surface area contributed by atoms with Crippen molar-refractivity contribution < 1.29 is 18.0 Å². The van der Waals surface area contributed by atoms with Gasteiger partial charge in [0.05, 0.1) is 10.8 Å². The van der Waals surface area contributed by atoms with E-state index in [-0.39, 0.29) is 17.2 Å². The van der Waals surface area contributed by atoms with Crippen LogP contribution in [0, 0.1) is 12.8 Å². The van der Waals surface area contributed by atoms with Crippen LogP contribution in [0.2, 0.25) is 0 Å². The van der Waals surface area contributed by atoms with E-state index in [4.69, 9.17) is 0 Å². The molecule has 1 amide bonds. The van der Waals surface area contributed by atoms with Crippen molar-refractivity contribution >= 4 is 24.2 Å². The van der Waals surface area contributed by atoms with E-state index >= 15 is 0 Å². The summed E-state index contributed by atoms with van der Waals surface area (Å²) in [6.07, 6.45) is -4.43. The summed E-state index contributed by atoms with van der Waals surface area (Å²) >= 11 is 4.12. The van der Waals surface area contributed by atoms with Crippen molar-refractivity contribution in [2.24, 2.45) is 5.92 Å². The van der Waals surface area contributed by atoms with Crippen LogP contribution in [-0.4, -0.2) is 11.2 Å². The molecule has 19 heavy (non-hydrogen) atoms. The van der Waals surface area contributed by atoms with Crippen molar-refractivity contribution in [3.8, 4) is 0 Å². The van der Waals surface area contributed by atoms with Gasteiger partial charge >= 0.3 is 6.18 Å². The fraction of sp³-hybridized carbons (Fsp3) is 0.462. The van der Waals surface area contributed by atoms with Gasteiger partial charge in [0, 0.05) is 5.69 Å². The number of hydrogen-bond acceptors (Lipinski definition) is 2. The molecule has 1 N–H and O–H groups in total. The summed E-state index contributed by atoms with van der Waals surface area (Å²) < 4.78 is 38.2. The minimum absolute atomic E-state index is 0.00383. The summed E-state index contributed by atoms with van der Waals surface area (Å²) in [4.78, 5) is 11.7. The summed E-state index contributed by atoms with van der Waals surface area (Å²) in [7, 11) is 0. The normalized spacial score (nSPS) is 13.5. The van der Waals surface area contributed by atoms with Crippen molar-refractivity contribution in [3.63, 3.8) is 0 Å². The summed E-state index contributed by atoms with van der Waals surface area (Å²) in [5, 5.41) is 1.89. The smallest absolute Gasteiger partial charge is 0.325 e. The predicted octanol–water partition coefficient (Wildman–Crippen LogP) is 3.91. The molecule has 0 radical (unpaired) electrons. The molecule has 0 heterocycles. The lowest BCUT2D eigenvalue weighted by molar-refractivity contribution is -0.138. The fourth-order valence-electron chi connectivity index (χ4n) is 1.52. The quantitative estimate of drug-likeness (QED) is 0.812. The molecule has 106 valence electrons. The number of anilines is 1. The van der Waals surface area contributed by atoms with Gasteiger partial charge in [0.1, 0.15) is 0 Å². The molecule has 1 rings (SSSR count). The summed E-state index contributed by atoms with van der Waals surface area (Å²) in [5.41, 5.74) is -0.495. The number of carbonyl (C=O) groups excluding carboxylic acids is 1. The highest BCUT2D eigenvalue weighted by Crippen LogP contribution is 2.33. The summed E-state index contributed by atoms with van der Waals surface area (Å²) in [5.74, 6) is -0.411. The van der Waals surface area contributed by atoms with Gasteiger partial charge in [0.15, 0.2) is 0 Å². The van der Waals surface area contributed by atoms with Gasteiger partial charge in [0.2, 0.25) is 5.91 Å². The van der Waals surface area contributed by atoms with Crippen molar-refractivity contribution in [1.29, 1.82) is 0 Å². The molecule has 2 nitrogen and oxygen atoms in total. The Bertz CT molecular complexity index is 471. The number of benzene rings is 1. The molecule has 6 heteroatoms. The second-order valence-electron chi connectivity index (χ2n) is 4.71. The lowest BCUT2D eigenvalue weighted by Crippen LogP contribution is -2.27. The number of thiol groups is 1. The maximum atomic E-state index is 12.7. The molecule has 0 aliphatic carbocycles. The maximum Gasteiger partial charge on any atom is 0.416 e. The highest BCUT2D eigenvalue weighted by Gasteiger charge is 2.32. The molecule has 1 aromatic rings. The van der Waals surface area contributed by atoms with E-state index in [0.29, 0.717) is 0 Å². The molecular weight excluding hydrogens is 275 g/mol. The number of rotatable bonds is 3. The first kappa shape index (κ1) is 15.9. The molecule has 0 aliphatic heterocycles. The number of amides is 1. The Morgan fingerprint density at radius 1 is 1.32 bits per heavy atom. The number of alkyl halides is 3. The number of aryl methyl sites for hydroxylation is 1. The van der Waals surface area contributed by atoms with E-state index in [0.717, 1.165) is 6.07 Å². The first-order valence-electron chi connectivity index (χ1n) is 5.79. The van der Waals surface area contributed by atoms with Crippen LogP contribution in [-0.2, 0) is 11.0 Å². The Kier molecular flexibility index (Phi) is 4.90. The molecule has 0 saturated carbocycles. The second-order valence-corrected chi connectivity index (χ2v) is 5.26. The molecule has 0 fully saturated rings. The van der Waals surface area contributed by atoms with E-state index in [1.807, 2.05) is 13.8 Å². The zero-order valence-electron chi connectivity index (χ0n) is 10.9. The lowest BCUT2D eigenvalue weighted by Gasteiger charge is -2.16. The zero-order chi connectivity index (χ0) is 14.8. The van der Waals surface area contributed by atoms with Crippen LogP contribution in [0.3, 0.4) is 0 Å².